The molecule has 2 aromatic carbocycles. The first-order valence-electron chi connectivity index (χ1n) is 5.27. The maximum absolute atomic E-state index is 11.9. The van der Waals surface area contributed by atoms with Crippen molar-refractivity contribution >= 4 is 34.6 Å². The number of aryl methyl sites for hydroxylation is 1. The van der Waals surface area contributed by atoms with E-state index in [4.69, 9.17) is 23.2 Å². The lowest BCUT2D eigenvalue weighted by Crippen LogP contribution is -1.90. The van der Waals surface area contributed by atoms with Crippen LogP contribution in [0, 0.1) is 12.1 Å². The van der Waals surface area contributed by atoms with Crippen molar-refractivity contribution in [3.05, 3.63) is 63.3 Å². The third-order valence-electron chi connectivity index (χ3n) is 2.40. The zero-order valence-electron chi connectivity index (χ0n) is 9.60. The van der Waals surface area contributed by atoms with Gasteiger partial charge in [-0.05, 0) is 30.7 Å². The molecule has 0 aromatic heterocycles. The van der Waals surface area contributed by atoms with Gasteiger partial charge in [0.05, 0.1) is 0 Å². The van der Waals surface area contributed by atoms with Crippen molar-refractivity contribution in [1.82, 2.24) is 0 Å². The van der Waals surface area contributed by atoms with Gasteiger partial charge in [-0.1, -0.05) is 40.2 Å². The Morgan fingerprint density at radius 1 is 1.06 bits per heavy atom. The molecular weight excluding hydrogens is 271 g/mol. The molecule has 0 radical (unpaired) electrons. The lowest BCUT2D eigenvalue weighted by Gasteiger charge is -2.02. The van der Waals surface area contributed by atoms with Gasteiger partial charge in [0, 0.05) is 27.3 Å². The van der Waals surface area contributed by atoms with Crippen molar-refractivity contribution in [2.45, 2.75) is 6.92 Å². The predicted molar refractivity (Wildman–Crippen MR) is 73.0 cm³/mol. The van der Waals surface area contributed by atoms with Crippen molar-refractivity contribution in [1.29, 1.82) is 0 Å². The summed E-state index contributed by atoms with van der Waals surface area (Å²) in [5.41, 5.74) is 1.79. The van der Waals surface area contributed by atoms with E-state index in [2.05, 4.69) is 5.11 Å². The molecule has 0 fully saturated rings. The zero-order chi connectivity index (χ0) is 13.1. The largest absolute Gasteiger partial charge is 0.594 e. The maximum atomic E-state index is 11.9. The van der Waals surface area contributed by atoms with E-state index in [9.17, 15) is 5.21 Å². The predicted octanol–water partition coefficient (Wildman–Crippen LogP) is 5.23. The third kappa shape index (κ3) is 3.00. The standard InChI is InChI=1S/C13H10Cl2N2O/c1-9-5-6-11(15)8-13(9)16-17(18)12-4-2-3-10(14)7-12/h2-8H,1H3. The molecule has 0 saturated heterocycles. The fourth-order valence-electron chi connectivity index (χ4n) is 1.44. The summed E-state index contributed by atoms with van der Waals surface area (Å²) in [6.07, 6.45) is 0. The first kappa shape index (κ1) is 12.9. The van der Waals surface area contributed by atoms with Crippen LogP contribution in [0.2, 0.25) is 10.0 Å². The highest BCUT2D eigenvalue weighted by Crippen LogP contribution is 2.25. The van der Waals surface area contributed by atoms with Gasteiger partial charge in [-0.2, -0.15) is 0 Å². The molecule has 0 amide bonds. The van der Waals surface area contributed by atoms with Crippen LogP contribution in [0.4, 0.5) is 11.4 Å². The van der Waals surface area contributed by atoms with E-state index in [0.29, 0.717) is 26.3 Å². The molecule has 0 spiro atoms. The molecule has 0 heterocycles. The fraction of sp³-hybridized carbons (Fsp3) is 0.0769. The van der Waals surface area contributed by atoms with Crippen LogP contribution in [-0.4, -0.2) is 4.86 Å². The van der Waals surface area contributed by atoms with E-state index < -0.39 is 0 Å². The summed E-state index contributed by atoms with van der Waals surface area (Å²) < 4.78 is 0. The van der Waals surface area contributed by atoms with Gasteiger partial charge in [0.15, 0.2) is 0 Å². The Bertz CT molecular complexity index is 612. The summed E-state index contributed by atoms with van der Waals surface area (Å²) in [5.74, 6) is 0. The van der Waals surface area contributed by atoms with Crippen molar-refractivity contribution < 1.29 is 4.86 Å². The molecule has 5 heteroatoms. The fourth-order valence-corrected chi connectivity index (χ4v) is 1.79. The van der Waals surface area contributed by atoms with Crippen LogP contribution in [0.1, 0.15) is 5.56 Å². The molecule has 0 N–H and O–H groups in total. The molecule has 0 atom stereocenters. The molecule has 0 saturated carbocycles. The average Bonchev–Trinajstić information content (AvgIpc) is 2.34. The zero-order valence-corrected chi connectivity index (χ0v) is 11.1. The van der Waals surface area contributed by atoms with Crippen molar-refractivity contribution in [3.63, 3.8) is 0 Å². The van der Waals surface area contributed by atoms with Gasteiger partial charge in [-0.25, -0.2) is 0 Å². The molecule has 2 aromatic rings. The summed E-state index contributed by atoms with van der Waals surface area (Å²) in [6, 6.07) is 11.8. The van der Waals surface area contributed by atoms with Gasteiger partial charge < -0.3 is 5.21 Å². The lowest BCUT2D eigenvalue weighted by molar-refractivity contribution is -0.435. The van der Waals surface area contributed by atoms with E-state index in [1.54, 1.807) is 36.4 Å². The second kappa shape index (κ2) is 5.38. The Balaban J connectivity index is 2.41. The molecule has 3 nitrogen and oxygen atoms in total. The monoisotopic (exact) mass is 280 g/mol. The topological polar surface area (TPSA) is 38.4 Å². The van der Waals surface area contributed by atoms with E-state index in [0.717, 1.165) is 5.56 Å². The van der Waals surface area contributed by atoms with Crippen LogP contribution < -0.4 is 0 Å². The second-order valence-electron chi connectivity index (χ2n) is 3.78. The highest BCUT2D eigenvalue weighted by molar-refractivity contribution is 6.31. The molecule has 2 rings (SSSR count). The van der Waals surface area contributed by atoms with Crippen LogP contribution in [-0.2, 0) is 0 Å². The van der Waals surface area contributed by atoms with Gasteiger partial charge >= 0.3 is 0 Å². The normalized spacial score (nSPS) is 11.6. The van der Waals surface area contributed by atoms with Crippen LogP contribution in [0.3, 0.4) is 0 Å². The maximum Gasteiger partial charge on any atom is 0.246 e. The van der Waals surface area contributed by atoms with Crippen LogP contribution >= 0.6 is 23.2 Å². The molecular formula is C13H10Cl2N2O. The van der Waals surface area contributed by atoms with Crippen LogP contribution in [0.25, 0.3) is 0 Å². The summed E-state index contributed by atoms with van der Waals surface area (Å²) in [5, 5.41) is 16.9. The van der Waals surface area contributed by atoms with Crippen LogP contribution in [0.5, 0.6) is 0 Å². The summed E-state index contributed by atoms with van der Waals surface area (Å²) >= 11 is 11.7. The first-order chi connectivity index (χ1) is 8.56. The Morgan fingerprint density at radius 3 is 2.50 bits per heavy atom. The minimum atomic E-state index is 0.377. The summed E-state index contributed by atoms with van der Waals surface area (Å²) in [7, 11) is 0. The quantitative estimate of drug-likeness (QED) is 0.422. The molecule has 0 aliphatic heterocycles. The molecule has 0 bridgehead atoms. The minimum absolute atomic E-state index is 0.377. The van der Waals surface area contributed by atoms with Crippen molar-refractivity contribution in [3.8, 4) is 0 Å². The minimum Gasteiger partial charge on any atom is -0.594 e. The molecule has 92 valence electrons. The number of nitrogens with zero attached hydrogens (tertiary/aromatic N) is 2. The average molecular weight is 281 g/mol. The Hall–Kier alpha value is -1.58. The smallest absolute Gasteiger partial charge is 0.246 e. The van der Waals surface area contributed by atoms with Crippen molar-refractivity contribution in [2.24, 2.45) is 5.11 Å². The lowest BCUT2D eigenvalue weighted by atomic mass is 10.2. The van der Waals surface area contributed by atoms with E-state index in [1.807, 2.05) is 13.0 Å². The van der Waals surface area contributed by atoms with E-state index in [-0.39, 0.29) is 0 Å². The summed E-state index contributed by atoms with van der Waals surface area (Å²) in [4.78, 5) is 0.532. The molecule has 18 heavy (non-hydrogen) atoms. The van der Waals surface area contributed by atoms with Crippen molar-refractivity contribution in [2.75, 3.05) is 0 Å². The van der Waals surface area contributed by atoms with Gasteiger partial charge in [0.2, 0.25) is 5.69 Å². The molecule has 0 unspecified atom stereocenters. The van der Waals surface area contributed by atoms with Gasteiger partial charge in [-0.3, -0.25) is 0 Å². The first-order valence-corrected chi connectivity index (χ1v) is 6.02. The van der Waals surface area contributed by atoms with E-state index in [1.165, 1.54) is 0 Å². The van der Waals surface area contributed by atoms with Gasteiger partial charge in [0.1, 0.15) is 5.69 Å². The summed E-state index contributed by atoms with van der Waals surface area (Å²) in [6.45, 7) is 1.86. The van der Waals surface area contributed by atoms with Gasteiger partial charge in [-0.15, -0.1) is 0 Å². The van der Waals surface area contributed by atoms with E-state index >= 15 is 0 Å². The van der Waals surface area contributed by atoms with Crippen LogP contribution in [0.15, 0.2) is 47.6 Å². The number of azo groups is 1. The SMILES string of the molecule is Cc1ccc(Cl)cc1N=[N+]([O-])c1cccc(Cl)c1. The number of halogens is 2. The Kier molecular flexibility index (Phi) is 3.84. The second-order valence-corrected chi connectivity index (χ2v) is 4.66. The third-order valence-corrected chi connectivity index (χ3v) is 2.87. The molecule has 0 aliphatic rings. The highest BCUT2D eigenvalue weighted by atomic mass is 35.5. The molecule has 0 aliphatic carbocycles. The number of rotatable bonds is 2. The number of hydrogen-bond acceptors (Lipinski definition) is 2. The Morgan fingerprint density at radius 2 is 1.78 bits per heavy atom. The number of benzene rings is 2. The Labute approximate surface area is 115 Å². The van der Waals surface area contributed by atoms with Gasteiger partial charge in [0.25, 0.3) is 0 Å². The number of hydrogen-bond donors (Lipinski definition) is 0. The highest BCUT2D eigenvalue weighted by Gasteiger charge is 2.07.